The monoisotopic (exact) mass is 480 g/mol. The highest BCUT2D eigenvalue weighted by atomic mass is 16.5. The molecule has 0 unspecified atom stereocenters. The lowest BCUT2D eigenvalue weighted by atomic mass is 9.95. The van der Waals surface area contributed by atoms with Crippen LogP contribution in [0.1, 0.15) is 40.5 Å². The first kappa shape index (κ1) is 25.1. The van der Waals surface area contributed by atoms with E-state index in [4.69, 9.17) is 14.6 Å². The average Bonchev–Trinajstić information content (AvgIpc) is 3.13. The molecule has 11 nitrogen and oxygen atoms in total. The number of hydrazone groups is 2. The highest BCUT2D eigenvalue weighted by molar-refractivity contribution is 6.68. The predicted molar refractivity (Wildman–Crippen MR) is 127 cm³/mol. The van der Waals surface area contributed by atoms with Crippen molar-refractivity contribution in [2.75, 3.05) is 26.2 Å². The van der Waals surface area contributed by atoms with Crippen LogP contribution in [0.4, 0.5) is 5.69 Å². The molecule has 2 N–H and O–H groups in total. The molecule has 35 heavy (non-hydrogen) atoms. The summed E-state index contributed by atoms with van der Waals surface area (Å²) in [6.45, 7) is 1.80. The van der Waals surface area contributed by atoms with Gasteiger partial charge in [-0.3, -0.25) is 15.0 Å². The summed E-state index contributed by atoms with van der Waals surface area (Å²) in [5.41, 5.74) is 5.02. The van der Waals surface area contributed by atoms with Crippen LogP contribution in [0.2, 0.25) is 0 Å². The van der Waals surface area contributed by atoms with Crippen molar-refractivity contribution < 1.29 is 33.8 Å². The number of hydrogen-bond acceptors (Lipinski definition) is 9. The standard InChI is InChI=1S/C24H24N4O7/c1-14-21(22(31)28(27-14)12-6-11-19(29)30)26-25-16-8-4-7-15(13-16)17-9-5-10-18(23(32)34-2)20(17)24(33)35-3/h4-5,7-10,13,25H,6,11-12H2,1-3H3,(H,29,30)/b26-21-. The molecular formula is C24H24N4O7. The van der Waals surface area contributed by atoms with Gasteiger partial charge in [0.1, 0.15) is 0 Å². The van der Waals surface area contributed by atoms with Crippen LogP contribution in [0.5, 0.6) is 0 Å². The molecule has 2 aromatic rings. The van der Waals surface area contributed by atoms with Gasteiger partial charge in [0, 0.05) is 13.0 Å². The van der Waals surface area contributed by atoms with E-state index in [2.05, 4.69) is 15.6 Å². The first-order valence-corrected chi connectivity index (χ1v) is 10.6. The second-order valence-corrected chi connectivity index (χ2v) is 7.48. The smallest absolute Gasteiger partial charge is 0.339 e. The number of benzene rings is 2. The Morgan fingerprint density at radius 1 is 1.09 bits per heavy atom. The molecule has 11 heteroatoms. The van der Waals surface area contributed by atoms with E-state index in [1.807, 2.05) is 0 Å². The first-order valence-electron chi connectivity index (χ1n) is 10.6. The zero-order valence-corrected chi connectivity index (χ0v) is 19.4. The van der Waals surface area contributed by atoms with E-state index in [9.17, 15) is 19.2 Å². The molecule has 0 saturated carbocycles. The molecule has 0 aromatic heterocycles. The molecule has 0 fully saturated rings. The third-order valence-electron chi connectivity index (χ3n) is 5.14. The minimum atomic E-state index is -0.944. The Balaban J connectivity index is 1.86. The maximum absolute atomic E-state index is 12.6. The predicted octanol–water partition coefficient (Wildman–Crippen LogP) is 2.78. The van der Waals surface area contributed by atoms with Crippen molar-refractivity contribution in [3.05, 3.63) is 53.6 Å². The molecule has 1 heterocycles. The lowest BCUT2D eigenvalue weighted by Crippen LogP contribution is -2.29. The third-order valence-corrected chi connectivity index (χ3v) is 5.14. The van der Waals surface area contributed by atoms with Gasteiger partial charge in [0.2, 0.25) is 0 Å². The zero-order chi connectivity index (χ0) is 25.5. The van der Waals surface area contributed by atoms with Crippen molar-refractivity contribution in [1.29, 1.82) is 0 Å². The average molecular weight is 480 g/mol. The number of nitrogens with zero attached hydrogens (tertiary/aromatic N) is 3. The van der Waals surface area contributed by atoms with Crippen LogP contribution < -0.4 is 5.43 Å². The lowest BCUT2D eigenvalue weighted by molar-refractivity contribution is -0.137. The number of ether oxygens (including phenoxy) is 2. The van der Waals surface area contributed by atoms with Crippen molar-refractivity contribution in [1.82, 2.24) is 5.01 Å². The first-order chi connectivity index (χ1) is 16.8. The summed E-state index contributed by atoms with van der Waals surface area (Å²) < 4.78 is 9.68. The molecular weight excluding hydrogens is 456 g/mol. The van der Waals surface area contributed by atoms with E-state index in [0.717, 1.165) is 0 Å². The molecule has 0 spiro atoms. The van der Waals surface area contributed by atoms with Crippen molar-refractivity contribution in [2.45, 2.75) is 19.8 Å². The summed E-state index contributed by atoms with van der Waals surface area (Å²) in [6.07, 6.45) is 0.203. The second-order valence-electron chi connectivity index (χ2n) is 7.48. The second kappa shape index (κ2) is 11.1. The summed E-state index contributed by atoms with van der Waals surface area (Å²) in [5.74, 6) is -2.74. The molecule has 0 atom stereocenters. The normalized spacial score (nSPS) is 14.0. The molecule has 0 aliphatic carbocycles. The summed E-state index contributed by atoms with van der Waals surface area (Å²) in [7, 11) is 2.45. The highest BCUT2D eigenvalue weighted by Crippen LogP contribution is 2.29. The van der Waals surface area contributed by atoms with Gasteiger partial charge >= 0.3 is 17.9 Å². The number of hydrogen-bond donors (Lipinski definition) is 2. The van der Waals surface area contributed by atoms with Gasteiger partial charge in [-0.15, -0.1) is 0 Å². The highest BCUT2D eigenvalue weighted by Gasteiger charge is 2.29. The van der Waals surface area contributed by atoms with Gasteiger partial charge in [-0.1, -0.05) is 24.3 Å². The Morgan fingerprint density at radius 2 is 1.80 bits per heavy atom. The fraction of sp³-hybridized carbons (Fsp3) is 0.250. The number of carboxylic acid groups (broad SMARTS) is 1. The number of amides is 1. The van der Waals surface area contributed by atoms with Crippen LogP contribution in [0.25, 0.3) is 11.1 Å². The van der Waals surface area contributed by atoms with Crippen molar-refractivity contribution >= 4 is 40.9 Å². The lowest BCUT2D eigenvalue weighted by Gasteiger charge is -2.13. The van der Waals surface area contributed by atoms with Gasteiger partial charge in [0.15, 0.2) is 5.71 Å². The van der Waals surface area contributed by atoms with Crippen LogP contribution in [-0.2, 0) is 19.1 Å². The maximum atomic E-state index is 12.6. The number of nitrogens with one attached hydrogen (secondary N) is 1. The number of anilines is 1. The molecule has 0 saturated heterocycles. The minimum Gasteiger partial charge on any atom is -0.481 e. The zero-order valence-electron chi connectivity index (χ0n) is 19.4. The fourth-order valence-corrected chi connectivity index (χ4v) is 3.48. The third kappa shape index (κ3) is 5.69. The van der Waals surface area contributed by atoms with E-state index in [-0.39, 0.29) is 36.2 Å². The molecule has 0 radical (unpaired) electrons. The number of esters is 2. The molecule has 3 rings (SSSR count). The molecule has 1 aliphatic heterocycles. The van der Waals surface area contributed by atoms with E-state index in [1.165, 1.54) is 25.3 Å². The van der Waals surface area contributed by atoms with Crippen molar-refractivity contribution in [2.24, 2.45) is 10.2 Å². The number of methoxy groups -OCH3 is 2. The summed E-state index contributed by atoms with van der Waals surface area (Å²) in [6, 6.07) is 11.7. The Bertz CT molecular complexity index is 1240. The van der Waals surface area contributed by atoms with E-state index in [0.29, 0.717) is 22.5 Å². The van der Waals surface area contributed by atoms with Gasteiger partial charge < -0.3 is 14.6 Å². The van der Waals surface area contributed by atoms with Gasteiger partial charge in [-0.05, 0) is 42.7 Å². The van der Waals surface area contributed by atoms with Crippen LogP contribution in [0.3, 0.4) is 0 Å². The molecule has 2 aromatic carbocycles. The molecule has 0 bridgehead atoms. The van der Waals surface area contributed by atoms with Crippen LogP contribution in [0.15, 0.2) is 52.7 Å². The van der Waals surface area contributed by atoms with E-state index >= 15 is 0 Å². The quantitative estimate of drug-likeness (QED) is 0.411. The van der Waals surface area contributed by atoms with Gasteiger partial charge in [-0.2, -0.15) is 10.2 Å². The fourth-order valence-electron chi connectivity index (χ4n) is 3.48. The van der Waals surface area contributed by atoms with Crippen LogP contribution >= 0.6 is 0 Å². The summed E-state index contributed by atoms with van der Waals surface area (Å²) in [5, 5.41) is 18.3. The Kier molecular flexibility index (Phi) is 7.92. The molecule has 1 amide bonds. The number of aliphatic carboxylic acids is 1. The topological polar surface area (TPSA) is 147 Å². The Morgan fingerprint density at radius 3 is 2.49 bits per heavy atom. The van der Waals surface area contributed by atoms with Gasteiger partial charge in [0.05, 0.1) is 36.7 Å². The maximum Gasteiger partial charge on any atom is 0.339 e. The molecule has 1 aliphatic rings. The molecule has 182 valence electrons. The number of carboxylic acids is 1. The van der Waals surface area contributed by atoms with Crippen LogP contribution in [0, 0.1) is 0 Å². The summed E-state index contributed by atoms with van der Waals surface area (Å²) >= 11 is 0. The van der Waals surface area contributed by atoms with Crippen molar-refractivity contribution in [3.63, 3.8) is 0 Å². The Labute approximate surface area is 201 Å². The largest absolute Gasteiger partial charge is 0.481 e. The van der Waals surface area contributed by atoms with E-state index < -0.39 is 23.8 Å². The van der Waals surface area contributed by atoms with E-state index in [1.54, 1.807) is 43.3 Å². The SMILES string of the molecule is COC(=O)c1cccc(-c2cccc(N/N=C3\C(=O)N(CCCC(=O)O)N=C3C)c2)c1C(=O)OC. The van der Waals surface area contributed by atoms with Crippen LogP contribution in [-0.4, -0.2) is 66.1 Å². The summed E-state index contributed by atoms with van der Waals surface area (Å²) in [4.78, 5) is 48.0. The Hall–Kier alpha value is -4.54. The van der Waals surface area contributed by atoms with Crippen molar-refractivity contribution in [3.8, 4) is 11.1 Å². The number of rotatable bonds is 9. The number of carbonyl (C=O) groups is 4. The number of carbonyl (C=O) groups excluding carboxylic acids is 3. The van der Waals surface area contributed by atoms with Gasteiger partial charge in [0.25, 0.3) is 5.91 Å². The van der Waals surface area contributed by atoms with Gasteiger partial charge in [-0.25, -0.2) is 14.6 Å². The minimum absolute atomic E-state index is 0.0660.